The maximum Gasteiger partial charge on any atom is 0.115 e. The Balaban J connectivity index is 0.000000287. The van der Waals surface area contributed by atoms with Gasteiger partial charge in [-0.25, -0.2) is 0 Å². The minimum atomic E-state index is 0.322. The van der Waals surface area contributed by atoms with Gasteiger partial charge in [0.25, 0.3) is 0 Å². The molecule has 126 valence electrons. The number of rotatable bonds is 7. The number of hydrogen-bond donors (Lipinski definition) is 2. The third-order valence-electron chi connectivity index (χ3n) is 4.32. The van der Waals surface area contributed by atoms with E-state index in [2.05, 4.69) is 18.7 Å². The first-order valence-corrected chi connectivity index (χ1v) is 8.91. The first-order chi connectivity index (χ1) is 10.7. The van der Waals surface area contributed by atoms with Crippen molar-refractivity contribution in [2.24, 2.45) is 5.73 Å². The van der Waals surface area contributed by atoms with Crippen LogP contribution in [0.15, 0.2) is 30.3 Å². The fourth-order valence-corrected chi connectivity index (χ4v) is 2.95. The van der Waals surface area contributed by atoms with E-state index in [9.17, 15) is 0 Å². The van der Waals surface area contributed by atoms with Gasteiger partial charge in [0.15, 0.2) is 0 Å². The molecule has 0 aromatic heterocycles. The topological polar surface area (TPSA) is 49.5 Å². The van der Waals surface area contributed by atoms with Gasteiger partial charge < -0.3 is 15.7 Å². The molecule has 0 spiro atoms. The van der Waals surface area contributed by atoms with Crippen LogP contribution in [0.2, 0.25) is 0 Å². The highest BCUT2D eigenvalue weighted by Gasteiger charge is 2.26. The number of hydrogen-bond acceptors (Lipinski definition) is 3. The zero-order chi connectivity index (χ0) is 16.2. The molecular weight excluding hydrogens is 272 g/mol. The van der Waals surface area contributed by atoms with Crippen molar-refractivity contribution in [2.75, 3.05) is 13.1 Å². The Morgan fingerprint density at radius 1 is 1.05 bits per heavy atom. The molecule has 0 saturated heterocycles. The highest BCUT2D eigenvalue weighted by molar-refractivity contribution is 5.18. The first-order valence-electron chi connectivity index (χ1n) is 8.91. The summed E-state index contributed by atoms with van der Waals surface area (Å²) < 4.78 is 0. The summed E-state index contributed by atoms with van der Waals surface area (Å²) in [5, 5.41) is 8.63. The van der Waals surface area contributed by atoms with Crippen molar-refractivity contribution in [2.45, 2.75) is 70.9 Å². The smallest absolute Gasteiger partial charge is 0.115 e. The highest BCUT2D eigenvalue weighted by Crippen LogP contribution is 2.23. The molecule has 22 heavy (non-hydrogen) atoms. The second kappa shape index (κ2) is 11.5. The van der Waals surface area contributed by atoms with Gasteiger partial charge in [-0.2, -0.15) is 0 Å². The summed E-state index contributed by atoms with van der Waals surface area (Å²) in [6, 6.07) is 9.98. The molecular formula is C19H34N2O. The molecule has 1 aromatic rings. The Morgan fingerprint density at radius 3 is 2.00 bits per heavy atom. The summed E-state index contributed by atoms with van der Waals surface area (Å²) in [5.74, 6) is 0.322. The molecule has 2 atom stereocenters. The van der Waals surface area contributed by atoms with E-state index in [4.69, 9.17) is 10.8 Å². The molecule has 3 N–H and O–H groups in total. The van der Waals surface area contributed by atoms with Crippen molar-refractivity contribution in [3.8, 4) is 5.75 Å². The molecule has 2 unspecified atom stereocenters. The minimum absolute atomic E-state index is 0.322. The standard InChI is InChI=1S/C13H28N2.C6H6O/c1-3-5-9-15(10-6-4-2)13-8-7-12(14)11-13;7-6-4-2-1-3-5-6/h12-13H,3-11,14H2,1-2H3;1-5,7H. The summed E-state index contributed by atoms with van der Waals surface area (Å²) >= 11 is 0. The largest absolute Gasteiger partial charge is 0.508 e. The average molecular weight is 306 g/mol. The van der Waals surface area contributed by atoms with Crippen LogP contribution >= 0.6 is 0 Å². The van der Waals surface area contributed by atoms with Crippen LogP contribution in [0.5, 0.6) is 5.75 Å². The predicted octanol–water partition coefficient (Wildman–Crippen LogP) is 4.16. The Hall–Kier alpha value is -1.06. The molecule has 1 aliphatic rings. The summed E-state index contributed by atoms with van der Waals surface area (Å²) in [6.45, 7) is 7.12. The number of aromatic hydroxyl groups is 1. The minimum Gasteiger partial charge on any atom is -0.508 e. The van der Waals surface area contributed by atoms with Crippen molar-refractivity contribution in [1.82, 2.24) is 4.90 Å². The van der Waals surface area contributed by atoms with Gasteiger partial charge in [0.2, 0.25) is 0 Å². The molecule has 3 heteroatoms. The zero-order valence-corrected chi connectivity index (χ0v) is 14.4. The molecule has 1 aromatic carbocycles. The van der Waals surface area contributed by atoms with E-state index in [-0.39, 0.29) is 0 Å². The van der Waals surface area contributed by atoms with E-state index in [1.165, 1.54) is 58.0 Å². The van der Waals surface area contributed by atoms with E-state index >= 15 is 0 Å². The summed E-state index contributed by atoms with van der Waals surface area (Å²) in [6.07, 6.45) is 9.09. The summed E-state index contributed by atoms with van der Waals surface area (Å²) in [4.78, 5) is 2.69. The number of nitrogens with two attached hydrogens (primary N) is 1. The molecule has 0 amide bonds. The number of unbranched alkanes of at least 4 members (excludes halogenated alkanes) is 2. The number of para-hydroxylation sites is 1. The van der Waals surface area contributed by atoms with Crippen LogP contribution in [0.4, 0.5) is 0 Å². The lowest BCUT2D eigenvalue weighted by Gasteiger charge is -2.28. The quantitative estimate of drug-likeness (QED) is 0.795. The SMILES string of the molecule is CCCCN(CCCC)C1CCC(N)C1.Oc1ccccc1. The second-order valence-corrected chi connectivity index (χ2v) is 6.31. The fraction of sp³-hybridized carbons (Fsp3) is 0.684. The Morgan fingerprint density at radius 2 is 1.64 bits per heavy atom. The zero-order valence-electron chi connectivity index (χ0n) is 14.4. The van der Waals surface area contributed by atoms with Gasteiger partial charge in [0.1, 0.15) is 5.75 Å². The van der Waals surface area contributed by atoms with Crippen LogP contribution in [0.25, 0.3) is 0 Å². The van der Waals surface area contributed by atoms with Crippen LogP contribution < -0.4 is 5.73 Å². The van der Waals surface area contributed by atoms with Crippen molar-refractivity contribution in [1.29, 1.82) is 0 Å². The van der Waals surface area contributed by atoms with Gasteiger partial charge in [0.05, 0.1) is 0 Å². The van der Waals surface area contributed by atoms with E-state index in [0.717, 1.165) is 6.04 Å². The molecule has 3 nitrogen and oxygen atoms in total. The van der Waals surface area contributed by atoms with Crippen LogP contribution in [-0.4, -0.2) is 35.2 Å². The molecule has 2 rings (SSSR count). The molecule has 0 aliphatic heterocycles. The summed E-state index contributed by atoms with van der Waals surface area (Å²) in [7, 11) is 0. The van der Waals surface area contributed by atoms with Gasteiger partial charge in [-0.3, -0.25) is 0 Å². The van der Waals surface area contributed by atoms with Gasteiger partial charge in [-0.1, -0.05) is 44.9 Å². The average Bonchev–Trinajstić information content (AvgIpc) is 2.95. The Kier molecular flexibility index (Phi) is 9.93. The molecule has 0 radical (unpaired) electrons. The first kappa shape index (κ1) is 19.0. The highest BCUT2D eigenvalue weighted by atomic mass is 16.3. The van der Waals surface area contributed by atoms with Gasteiger partial charge in [-0.05, 0) is 57.3 Å². The lowest BCUT2D eigenvalue weighted by molar-refractivity contribution is 0.191. The van der Waals surface area contributed by atoms with Crippen molar-refractivity contribution in [3.63, 3.8) is 0 Å². The number of phenols is 1. The number of benzene rings is 1. The summed E-state index contributed by atoms with van der Waals surface area (Å²) in [5.41, 5.74) is 5.99. The molecule has 1 fully saturated rings. The predicted molar refractivity (Wildman–Crippen MR) is 95.1 cm³/mol. The Bertz CT molecular complexity index is 361. The second-order valence-electron chi connectivity index (χ2n) is 6.31. The molecule has 0 bridgehead atoms. The maximum absolute atomic E-state index is 8.63. The third-order valence-corrected chi connectivity index (χ3v) is 4.32. The van der Waals surface area contributed by atoms with E-state index in [1.807, 2.05) is 6.07 Å². The van der Waals surface area contributed by atoms with Crippen LogP contribution in [0.1, 0.15) is 58.8 Å². The van der Waals surface area contributed by atoms with E-state index < -0.39 is 0 Å². The van der Waals surface area contributed by atoms with Crippen molar-refractivity contribution < 1.29 is 5.11 Å². The monoisotopic (exact) mass is 306 g/mol. The Labute approximate surface area is 136 Å². The third kappa shape index (κ3) is 7.81. The van der Waals surface area contributed by atoms with Crippen LogP contribution in [-0.2, 0) is 0 Å². The molecule has 1 aliphatic carbocycles. The van der Waals surface area contributed by atoms with Gasteiger partial charge in [0, 0.05) is 12.1 Å². The van der Waals surface area contributed by atoms with Crippen molar-refractivity contribution in [3.05, 3.63) is 30.3 Å². The van der Waals surface area contributed by atoms with Gasteiger partial charge >= 0.3 is 0 Å². The van der Waals surface area contributed by atoms with Crippen LogP contribution in [0, 0.1) is 0 Å². The van der Waals surface area contributed by atoms with Crippen molar-refractivity contribution >= 4 is 0 Å². The number of nitrogens with zero attached hydrogens (tertiary/aromatic N) is 1. The number of phenolic OH excluding ortho intramolecular Hbond substituents is 1. The van der Waals surface area contributed by atoms with E-state index in [0.29, 0.717) is 11.8 Å². The lowest BCUT2D eigenvalue weighted by atomic mass is 10.1. The molecule has 0 heterocycles. The van der Waals surface area contributed by atoms with Gasteiger partial charge in [-0.15, -0.1) is 0 Å². The maximum atomic E-state index is 8.63. The van der Waals surface area contributed by atoms with Crippen LogP contribution in [0.3, 0.4) is 0 Å². The fourth-order valence-electron chi connectivity index (χ4n) is 2.95. The molecule has 1 saturated carbocycles. The lowest BCUT2D eigenvalue weighted by Crippen LogP contribution is -2.36. The van der Waals surface area contributed by atoms with E-state index in [1.54, 1.807) is 24.3 Å². The normalized spacial score (nSPS) is 20.7.